The van der Waals surface area contributed by atoms with Crippen molar-refractivity contribution in [3.63, 3.8) is 0 Å². The molecule has 0 saturated heterocycles. The lowest BCUT2D eigenvalue weighted by molar-refractivity contribution is 0.792. The van der Waals surface area contributed by atoms with E-state index in [4.69, 9.17) is 5.73 Å². The standard InChI is InChI=1S/C15H20N4/c1-4-5-13-17-14(19-15(16)18-13)9-12-7-6-10(2)11(3)8-12/h6-8H,4-5,9H2,1-3H3,(H2,16,17,18,19). The van der Waals surface area contributed by atoms with E-state index in [9.17, 15) is 0 Å². The maximum atomic E-state index is 5.74. The molecular formula is C15H20N4. The molecule has 100 valence electrons. The Morgan fingerprint density at radius 2 is 1.74 bits per heavy atom. The van der Waals surface area contributed by atoms with E-state index in [1.54, 1.807) is 0 Å². The molecule has 0 unspecified atom stereocenters. The van der Waals surface area contributed by atoms with Gasteiger partial charge in [-0.15, -0.1) is 0 Å². The second-order valence-electron chi connectivity index (χ2n) is 4.87. The number of aryl methyl sites for hydroxylation is 3. The highest BCUT2D eigenvalue weighted by atomic mass is 15.1. The highest BCUT2D eigenvalue weighted by Gasteiger charge is 2.06. The number of benzene rings is 1. The molecule has 0 saturated carbocycles. The van der Waals surface area contributed by atoms with Gasteiger partial charge in [0, 0.05) is 12.8 Å². The molecule has 0 fully saturated rings. The Bertz CT molecular complexity index is 578. The van der Waals surface area contributed by atoms with E-state index >= 15 is 0 Å². The zero-order chi connectivity index (χ0) is 13.8. The third kappa shape index (κ3) is 3.50. The van der Waals surface area contributed by atoms with E-state index < -0.39 is 0 Å². The lowest BCUT2D eigenvalue weighted by atomic mass is 10.0. The summed E-state index contributed by atoms with van der Waals surface area (Å²) >= 11 is 0. The highest BCUT2D eigenvalue weighted by Crippen LogP contribution is 2.13. The summed E-state index contributed by atoms with van der Waals surface area (Å²) in [4.78, 5) is 12.8. The summed E-state index contributed by atoms with van der Waals surface area (Å²) in [7, 11) is 0. The Balaban J connectivity index is 2.24. The number of anilines is 1. The first-order chi connectivity index (χ1) is 9.08. The normalized spacial score (nSPS) is 10.7. The average Bonchev–Trinajstić information content (AvgIpc) is 2.33. The van der Waals surface area contributed by atoms with Crippen LogP contribution in [0.5, 0.6) is 0 Å². The molecule has 4 heteroatoms. The van der Waals surface area contributed by atoms with E-state index in [1.807, 2.05) is 0 Å². The van der Waals surface area contributed by atoms with Crippen molar-refractivity contribution in [3.8, 4) is 0 Å². The number of nitrogens with two attached hydrogens (primary N) is 1. The zero-order valence-corrected chi connectivity index (χ0v) is 11.8. The molecule has 0 aliphatic heterocycles. The van der Waals surface area contributed by atoms with Gasteiger partial charge in [-0.25, -0.2) is 4.98 Å². The molecule has 19 heavy (non-hydrogen) atoms. The Kier molecular flexibility index (Phi) is 4.10. The number of hydrogen-bond donors (Lipinski definition) is 1. The fourth-order valence-corrected chi connectivity index (χ4v) is 2.00. The predicted molar refractivity (Wildman–Crippen MR) is 77.0 cm³/mol. The molecule has 0 atom stereocenters. The molecule has 0 aliphatic rings. The molecule has 1 aromatic heterocycles. The Morgan fingerprint density at radius 3 is 2.42 bits per heavy atom. The zero-order valence-electron chi connectivity index (χ0n) is 11.8. The van der Waals surface area contributed by atoms with Crippen molar-refractivity contribution in [3.05, 3.63) is 46.5 Å². The number of aromatic nitrogens is 3. The highest BCUT2D eigenvalue weighted by molar-refractivity contribution is 5.31. The van der Waals surface area contributed by atoms with E-state index in [2.05, 4.69) is 53.9 Å². The van der Waals surface area contributed by atoms with Crippen LogP contribution in [0, 0.1) is 13.8 Å². The number of hydrogen-bond acceptors (Lipinski definition) is 4. The molecule has 1 aromatic carbocycles. The van der Waals surface area contributed by atoms with Crippen LogP contribution in [0.2, 0.25) is 0 Å². The molecule has 1 heterocycles. The molecular weight excluding hydrogens is 236 g/mol. The van der Waals surface area contributed by atoms with E-state index in [-0.39, 0.29) is 0 Å². The van der Waals surface area contributed by atoms with Crippen molar-refractivity contribution in [2.45, 2.75) is 40.0 Å². The van der Waals surface area contributed by atoms with Crippen LogP contribution < -0.4 is 5.73 Å². The molecule has 4 nitrogen and oxygen atoms in total. The van der Waals surface area contributed by atoms with Gasteiger partial charge < -0.3 is 5.73 Å². The minimum Gasteiger partial charge on any atom is -0.368 e. The van der Waals surface area contributed by atoms with Crippen LogP contribution in [0.25, 0.3) is 0 Å². The molecule has 0 amide bonds. The van der Waals surface area contributed by atoms with Crippen LogP contribution >= 0.6 is 0 Å². The first-order valence-corrected chi connectivity index (χ1v) is 6.64. The van der Waals surface area contributed by atoms with Crippen molar-refractivity contribution in [1.29, 1.82) is 0 Å². The maximum Gasteiger partial charge on any atom is 0.223 e. The second-order valence-corrected chi connectivity index (χ2v) is 4.87. The van der Waals surface area contributed by atoms with Gasteiger partial charge in [-0.3, -0.25) is 0 Å². The summed E-state index contributed by atoms with van der Waals surface area (Å²) < 4.78 is 0. The summed E-state index contributed by atoms with van der Waals surface area (Å²) in [5.41, 5.74) is 9.52. The van der Waals surface area contributed by atoms with Crippen molar-refractivity contribution >= 4 is 5.95 Å². The lowest BCUT2D eigenvalue weighted by Crippen LogP contribution is -2.08. The number of rotatable bonds is 4. The Labute approximate surface area is 114 Å². The predicted octanol–water partition coefficient (Wildman–Crippen LogP) is 2.61. The summed E-state index contributed by atoms with van der Waals surface area (Å²) in [6.45, 7) is 6.32. The molecule has 2 aromatic rings. The van der Waals surface area contributed by atoms with E-state index in [0.717, 1.165) is 24.5 Å². The Hall–Kier alpha value is -1.97. The molecule has 2 rings (SSSR count). The fraction of sp³-hybridized carbons (Fsp3) is 0.400. The van der Waals surface area contributed by atoms with Gasteiger partial charge in [-0.2, -0.15) is 9.97 Å². The van der Waals surface area contributed by atoms with Crippen LogP contribution in [0.1, 0.15) is 41.7 Å². The summed E-state index contributed by atoms with van der Waals surface area (Å²) in [5, 5.41) is 0. The summed E-state index contributed by atoms with van der Waals surface area (Å²) in [6.07, 6.45) is 2.55. The van der Waals surface area contributed by atoms with Crippen LogP contribution in [0.4, 0.5) is 5.95 Å². The first-order valence-electron chi connectivity index (χ1n) is 6.64. The maximum absolute atomic E-state index is 5.74. The lowest BCUT2D eigenvalue weighted by Gasteiger charge is -2.06. The van der Waals surface area contributed by atoms with Gasteiger partial charge in [-0.05, 0) is 37.0 Å². The van der Waals surface area contributed by atoms with Gasteiger partial charge in [0.05, 0.1) is 0 Å². The molecule has 2 N–H and O–H groups in total. The third-order valence-corrected chi connectivity index (χ3v) is 3.15. The van der Waals surface area contributed by atoms with Crippen LogP contribution in [0.3, 0.4) is 0 Å². The molecule has 0 spiro atoms. The fourth-order valence-electron chi connectivity index (χ4n) is 2.00. The van der Waals surface area contributed by atoms with Crippen molar-refractivity contribution in [2.24, 2.45) is 0 Å². The van der Waals surface area contributed by atoms with Crippen molar-refractivity contribution < 1.29 is 0 Å². The molecule has 0 radical (unpaired) electrons. The van der Waals surface area contributed by atoms with Crippen molar-refractivity contribution in [1.82, 2.24) is 15.0 Å². The van der Waals surface area contributed by atoms with Gasteiger partial charge in [0.2, 0.25) is 5.95 Å². The topological polar surface area (TPSA) is 64.7 Å². The summed E-state index contributed by atoms with van der Waals surface area (Å²) in [5.74, 6) is 1.85. The van der Waals surface area contributed by atoms with Gasteiger partial charge in [0.1, 0.15) is 11.6 Å². The number of nitrogens with zero attached hydrogens (tertiary/aromatic N) is 3. The van der Waals surface area contributed by atoms with Gasteiger partial charge in [-0.1, -0.05) is 25.1 Å². The first kappa shape index (κ1) is 13.5. The van der Waals surface area contributed by atoms with Crippen molar-refractivity contribution in [2.75, 3.05) is 5.73 Å². The average molecular weight is 256 g/mol. The molecule has 0 aliphatic carbocycles. The van der Waals surface area contributed by atoms with Crippen LogP contribution in [-0.4, -0.2) is 15.0 Å². The van der Waals surface area contributed by atoms with E-state index in [1.165, 1.54) is 16.7 Å². The monoisotopic (exact) mass is 256 g/mol. The number of nitrogen functional groups attached to an aromatic ring is 1. The van der Waals surface area contributed by atoms with Crippen LogP contribution in [0.15, 0.2) is 18.2 Å². The summed E-state index contributed by atoms with van der Waals surface area (Å²) in [6, 6.07) is 6.42. The minimum absolute atomic E-state index is 0.317. The quantitative estimate of drug-likeness (QED) is 0.913. The van der Waals surface area contributed by atoms with Gasteiger partial charge >= 0.3 is 0 Å². The third-order valence-electron chi connectivity index (χ3n) is 3.15. The minimum atomic E-state index is 0.317. The van der Waals surface area contributed by atoms with E-state index in [0.29, 0.717) is 12.4 Å². The van der Waals surface area contributed by atoms with Gasteiger partial charge in [0.15, 0.2) is 0 Å². The molecule has 0 bridgehead atoms. The van der Waals surface area contributed by atoms with Crippen LogP contribution in [-0.2, 0) is 12.8 Å². The SMILES string of the molecule is CCCc1nc(N)nc(Cc2ccc(C)c(C)c2)n1. The van der Waals surface area contributed by atoms with Gasteiger partial charge in [0.25, 0.3) is 0 Å². The smallest absolute Gasteiger partial charge is 0.223 e. The Morgan fingerprint density at radius 1 is 1.00 bits per heavy atom. The largest absolute Gasteiger partial charge is 0.368 e. The second kappa shape index (κ2) is 5.78.